The van der Waals surface area contributed by atoms with Crippen molar-refractivity contribution in [2.24, 2.45) is 11.8 Å². The van der Waals surface area contributed by atoms with Gasteiger partial charge in [-0.05, 0) is 18.4 Å². The molecule has 4 heteroatoms. The van der Waals surface area contributed by atoms with E-state index in [9.17, 15) is 0 Å². The first-order chi connectivity index (χ1) is 8.24. The molecule has 17 heavy (non-hydrogen) atoms. The molecule has 0 saturated heterocycles. The fourth-order valence-electron chi connectivity index (χ4n) is 2.37. The van der Waals surface area contributed by atoms with Crippen molar-refractivity contribution in [3.8, 4) is 0 Å². The molecule has 0 unspecified atom stereocenters. The van der Waals surface area contributed by atoms with Gasteiger partial charge in [-0.3, -0.25) is 0 Å². The van der Waals surface area contributed by atoms with Crippen LogP contribution in [-0.2, 0) is 13.0 Å². The molecule has 1 N–H and O–H groups in total. The second kappa shape index (κ2) is 6.45. The van der Waals surface area contributed by atoms with E-state index in [0.29, 0.717) is 5.92 Å². The van der Waals surface area contributed by atoms with Gasteiger partial charge < -0.3 is 5.32 Å². The van der Waals surface area contributed by atoms with E-state index >= 15 is 0 Å². The number of nitrogens with zero attached hydrogens (tertiary/aromatic N) is 2. The Morgan fingerprint density at radius 1 is 1.24 bits per heavy atom. The van der Waals surface area contributed by atoms with Gasteiger partial charge in [0.15, 0.2) is 0 Å². The van der Waals surface area contributed by atoms with Gasteiger partial charge in [-0.25, -0.2) is 0 Å². The molecule has 0 radical (unpaired) electrons. The molecule has 1 heterocycles. The van der Waals surface area contributed by atoms with E-state index in [1.807, 2.05) is 0 Å². The second-order valence-electron chi connectivity index (χ2n) is 5.47. The summed E-state index contributed by atoms with van der Waals surface area (Å²) in [5.41, 5.74) is 0. The molecule has 1 aromatic rings. The first-order valence-corrected chi connectivity index (χ1v) is 7.57. The van der Waals surface area contributed by atoms with Crippen LogP contribution in [0.1, 0.15) is 49.5 Å². The minimum Gasteiger partial charge on any atom is -0.310 e. The van der Waals surface area contributed by atoms with Crippen LogP contribution in [0, 0.1) is 11.8 Å². The van der Waals surface area contributed by atoms with Crippen molar-refractivity contribution in [1.82, 2.24) is 15.5 Å². The van der Waals surface area contributed by atoms with Crippen LogP contribution in [0.3, 0.4) is 0 Å². The maximum atomic E-state index is 4.31. The van der Waals surface area contributed by atoms with Crippen molar-refractivity contribution in [2.75, 3.05) is 6.54 Å². The van der Waals surface area contributed by atoms with Crippen molar-refractivity contribution >= 4 is 11.3 Å². The zero-order valence-corrected chi connectivity index (χ0v) is 11.7. The highest BCUT2D eigenvalue weighted by atomic mass is 32.1. The summed E-state index contributed by atoms with van der Waals surface area (Å²) < 4.78 is 0. The van der Waals surface area contributed by atoms with E-state index in [2.05, 4.69) is 29.4 Å². The summed E-state index contributed by atoms with van der Waals surface area (Å²) in [4.78, 5) is 0. The van der Waals surface area contributed by atoms with E-state index in [1.165, 1.54) is 30.7 Å². The lowest BCUT2D eigenvalue weighted by molar-refractivity contribution is 0.541. The van der Waals surface area contributed by atoms with Crippen molar-refractivity contribution in [2.45, 2.75) is 52.5 Å². The zero-order chi connectivity index (χ0) is 12.1. The average Bonchev–Trinajstić information content (AvgIpc) is 2.90. The molecule has 0 atom stereocenters. The predicted octanol–water partition coefficient (Wildman–Crippen LogP) is 3.02. The first kappa shape index (κ1) is 13.0. The molecule has 1 fully saturated rings. The molecule has 0 bridgehead atoms. The van der Waals surface area contributed by atoms with Crippen LogP contribution < -0.4 is 5.32 Å². The number of nitrogens with one attached hydrogen (secondary N) is 1. The molecule has 1 aliphatic carbocycles. The summed E-state index contributed by atoms with van der Waals surface area (Å²) in [6.07, 6.45) is 6.75. The number of rotatable bonds is 6. The van der Waals surface area contributed by atoms with Crippen molar-refractivity contribution in [1.29, 1.82) is 0 Å². The van der Waals surface area contributed by atoms with Crippen LogP contribution in [0.15, 0.2) is 0 Å². The lowest BCUT2D eigenvalue weighted by Crippen LogP contribution is -2.18. The summed E-state index contributed by atoms with van der Waals surface area (Å²) in [5, 5.41) is 14.4. The third kappa shape index (κ3) is 4.36. The molecule has 0 spiro atoms. The van der Waals surface area contributed by atoms with Gasteiger partial charge in [-0.15, -0.1) is 21.5 Å². The summed E-state index contributed by atoms with van der Waals surface area (Å²) in [6, 6.07) is 0. The highest BCUT2D eigenvalue weighted by Crippen LogP contribution is 2.28. The summed E-state index contributed by atoms with van der Waals surface area (Å²) in [6.45, 7) is 6.37. The molecule has 96 valence electrons. The summed E-state index contributed by atoms with van der Waals surface area (Å²) >= 11 is 1.79. The molecular weight excluding hydrogens is 230 g/mol. The molecule has 3 nitrogen and oxygen atoms in total. The van der Waals surface area contributed by atoms with Gasteiger partial charge in [0.25, 0.3) is 0 Å². The van der Waals surface area contributed by atoms with Gasteiger partial charge in [0.05, 0.1) is 0 Å². The molecule has 1 aliphatic rings. The van der Waals surface area contributed by atoms with Crippen molar-refractivity contribution < 1.29 is 0 Å². The maximum absolute atomic E-state index is 4.31. The predicted molar refractivity (Wildman–Crippen MR) is 72.1 cm³/mol. The Hall–Kier alpha value is -0.480. The van der Waals surface area contributed by atoms with Crippen LogP contribution >= 0.6 is 11.3 Å². The van der Waals surface area contributed by atoms with Gasteiger partial charge >= 0.3 is 0 Å². The molecule has 1 aromatic heterocycles. The minimum absolute atomic E-state index is 0.695. The van der Waals surface area contributed by atoms with Crippen molar-refractivity contribution in [3.63, 3.8) is 0 Å². The highest BCUT2D eigenvalue weighted by Gasteiger charge is 2.17. The Morgan fingerprint density at radius 2 is 1.94 bits per heavy atom. The number of hydrogen-bond acceptors (Lipinski definition) is 4. The Labute approximate surface area is 108 Å². The zero-order valence-electron chi connectivity index (χ0n) is 10.9. The smallest absolute Gasteiger partial charge is 0.131 e. The largest absolute Gasteiger partial charge is 0.310 e. The molecule has 0 amide bonds. The number of aromatic nitrogens is 2. The van der Waals surface area contributed by atoms with Gasteiger partial charge in [0.1, 0.15) is 10.0 Å². The third-order valence-corrected chi connectivity index (χ3v) is 4.22. The fourth-order valence-corrected chi connectivity index (χ4v) is 3.30. The standard InChI is InChI=1S/C13H23N3S/c1-10(2)8-14-9-13-16-15-12(17-13)7-11-5-3-4-6-11/h10-11,14H,3-9H2,1-2H3. The van der Waals surface area contributed by atoms with Crippen LogP contribution in [0.4, 0.5) is 0 Å². The number of hydrogen-bond donors (Lipinski definition) is 1. The topological polar surface area (TPSA) is 37.8 Å². The lowest BCUT2D eigenvalue weighted by Gasteiger charge is -2.04. The first-order valence-electron chi connectivity index (χ1n) is 6.76. The van der Waals surface area contributed by atoms with E-state index in [0.717, 1.165) is 30.4 Å². The van der Waals surface area contributed by atoms with E-state index in [1.54, 1.807) is 11.3 Å². The molecule has 0 aromatic carbocycles. The van der Waals surface area contributed by atoms with Gasteiger partial charge in [-0.1, -0.05) is 39.5 Å². The van der Waals surface area contributed by atoms with E-state index in [4.69, 9.17) is 0 Å². The quantitative estimate of drug-likeness (QED) is 0.847. The Morgan fingerprint density at radius 3 is 2.65 bits per heavy atom. The highest BCUT2D eigenvalue weighted by molar-refractivity contribution is 7.11. The van der Waals surface area contributed by atoms with Crippen LogP contribution in [0.2, 0.25) is 0 Å². The summed E-state index contributed by atoms with van der Waals surface area (Å²) in [7, 11) is 0. The Kier molecular flexibility index (Phi) is 4.92. The van der Waals surface area contributed by atoms with Crippen LogP contribution in [0.5, 0.6) is 0 Å². The van der Waals surface area contributed by atoms with Gasteiger partial charge in [0, 0.05) is 13.0 Å². The minimum atomic E-state index is 0.695. The van der Waals surface area contributed by atoms with Crippen LogP contribution in [0.25, 0.3) is 0 Å². The van der Waals surface area contributed by atoms with Crippen molar-refractivity contribution in [3.05, 3.63) is 10.0 Å². The molecular formula is C13H23N3S. The monoisotopic (exact) mass is 253 g/mol. The normalized spacial score (nSPS) is 17.1. The van der Waals surface area contributed by atoms with Gasteiger partial charge in [0.2, 0.25) is 0 Å². The second-order valence-corrected chi connectivity index (χ2v) is 6.62. The third-order valence-electron chi connectivity index (χ3n) is 3.28. The SMILES string of the molecule is CC(C)CNCc1nnc(CC2CCCC2)s1. The fraction of sp³-hybridized carbons (Fsp3) is 0.846. The Balaban J connectivity index is 1.75. The molecule has 1 saturated carbocycles. The molecule has 0 aliphatic heterocycles. The average molecular weight is 253 g/mol. The van der Waals surface area contributed by atoms with E-state index < -0.39 is 0 Å². The molecule has 2 rings (SSSR count). The summed E-state index contributed by atoms with van der Waals surface area (Å²) in [5.74, 6) is 1.57. The maximum Gasteiger partial charge on any atom is 0.131 e. The van der Waals surface area contributed by atoms with Gasteiger partial charge in [-0.2, -0.15) is 0 Å². The lowest BCUT2D eigenvalue weighted by atomic mass is 10.1. The Bertz CT molecular complexity index is 329. The van der Waals surface area contributed by atoms with Crippen LogP contribution in [-0.4, -0.2) is 16.7 Å². The van der Waals surface area contributed by atoms with E-state index in [-0.39, 0.29) is 0 Å².